The third kappa shape index (κ3) is 2.15. The second-order valence-electron chi connectivity index (χ2n) is 5.53. The van der Waals surface area contributed by atoms with E-state index in [0.29, 0.717) is 11.7 Å². The van der Waals surface area contributed by atoms with E-state index >= 15 is 0 Å². The number of nitrogens with one attached hydrogen (secondary N) is 1. The Morgan fingerprint density at radius 3 is 2.43 bits per heavy atom. The molecule has 0 saturated heterocycles. The van der Waals surface area contributed by atoms with Gasteiger partial charge in [0.15, 0.2) is 0 Å². The third-order valence-corrected chi connectivity index (χ3v) is 3.91. The Labute approximate surface area is 133 Å². The Morgan fingerprint density at radius 1 is 0.913 bits per heavy atom. The fourth-order valence-electron chi connectivity index (χ4n) is 2.79. The van der Waals surface area contributed by atoms with Crippen molar-refractivity contribution < 1.29 is 0 Å². The molecular formula is C17H16N6. The van der Waals surface area contributed by atoms with Crippen LogP contribution >= 0.6 is 0 Å². The van der Waals surface area contributed by atoms with E-state index in [-0.39, 0.29) is 5.95 Å². The molecule has 2 aromatic heterocycles. The van der Waals surface area contributed by atoms with Crippen molar-refractivity contribution in [1.29, 1.82) is 0 Å². The van der Waals surface area contributed by atoms with Gasteiger partial charge >= 0.3 is 0 Å². The molecule has 0 fully saturated rings. The van der Waals surface area contributed by atoms with Gasteiger partial charge in [-0.05, 0) is 37.1 Å². The molecule has 0 bridgehead atoms. The monoisotopic (exact) mass is 304 g/mol. The highest BCUT2D eigenvalue weighted by Crippen LogP contribution is 2.26. The van der Waals surface area contributed by atoms with Crippen molar-refractivity contribution in [2.75, 3.05) is 11.1 Å². The van der Waals surface area contributed by atoms with Gasteiger partial charge in [-0.2, -0.15) is 9.97 Å². The molecule has 0 spiro atoms. The van der Waals surface area contributed by atoms with Gasteiger partial charge in [0.1, 0.15) is 0 Å². The Hall–Kier alpha value is -3.15. The van der Waals surface area contributed by atoms with Crippen LogP contribution in [0.1, 0.15) is 11.1 Å². The largest absolute Gasteiger partial charge is 0.368 e. The average molecular weight is 304 g/mol. The SMILES string of the molecule is Cc1cccc(C)c1Nc1nc(N)nc2nc3ccccc3n12. The highest BCUT2D eigenvalue weighted by Gasteiger charge is 2.13. The highest BCUT2D eigenvalue weighted by atomic mass is 15.3. The predicted molar refractivity (Wildman–Crippen MR) is 91.9 cm³/mol. The van der Waals surface area contributed by atoms with Gasteiger partial charge in [0.05, 0.1) is 11.0 Å². The highest BCUT2D eigenvalue weighted by molar-refractivity contribution is 5.82. The molecule has 0 aliphatic carbocycles. The number of anilines is 3. The lowest BCUT2D eigenvalue weighted by Crippen LogP contribution is -2.08. The maximum absolute atomic E-state index is 5.86. The van der Waals surface area contributed by atoms with Crippen LogP contribution in [0.15, 0.2) is 42.5 Å². The molecule has 2 aromatic carbocycles. The second-order valence-corrected chi connectivity index (χ2v) is 5.53. The van der Waals surface area contributed by atoms with Gasteiger partial charge in [0.25, 0.3) is 0 Å². The van der Waals surface area contributed by atoms with E-state index in [2.05, 4.69) is 46.2 Å². The number of nitrogens with zero attached hydrogens (tertiary/aromatic N) is 4. The van der Waals surface area contributed by atoms with E-state index in [9.17, 15) is 0 Å². The van der Waals surface area contributed by atoms with Crippen LogP contribution in [0.2, 0.25) is 0 Å². The van der Waals surface area contributed by atoms with Crippen molar-refractivity contribution in [3.63, 3.8) is 0 Å². The molecule has 23 heavy (non-hydrogen) atoms. The number of para-hydroxylation sites is 3. The first-order valence-electron chi connectivity index (χ1n) is 7.37. The smallest absolute Gasteiger partial charge is 0.241 e. The number of hydrogen-bond donors (Lipinski definition) is 2. The molecule has 3 N–H and O–H groups in total. The molecule has 4 aromatic rings. The van der Waals surface area contributed by atoms with Gasteiger partial charge in [0, 0.05) is 5.69 Å². The van der Waals surface area contributed by atoms with Crippen molar-refractivity contribution in [2.24, 2.45) is 0 Å². The first-order valence-corrected chi connectivity index (χ1v) is 7.37. The predicted octanol–water partition coefficient (Wildman–Crippen LogP) is 3.22. The quantitative estimate of drug-likeness (QED) is 0.594. The summed E-state index contributed by atoms with van der Waals surface area (Å²) >= 11 is 0. The van der Waals surface area contributed by atoms with E-state index in [0.717, 1.165) is 27.8 Å². The number of nitrogen functional groups attached to an aromatic ring is 1. The Kier molecular flexibility index (Phi) is 2.90. The zero-order valence-corrected chi connectivity index (χ0v) is 12.9. The molecule has 4 rings (SSSR count). The standard InChI is InChI=1S/C17H16N6/c1-10-6-5-7-11(2)14(10)20-17-22-15(18)21-16-19-12-8-3-4-9-13(12)23(16)17/h3-9H,1-2H3,(H3,18,19,20,21,22). The number of rotatable bonds is 2. The van der Waals surface area contributed by atoms with Gasteiger partial charge in [0.2, 0.25) is 17.7 Å². The summed E-state index contributed by atoms with van der Waals surface area (Å²) in [5.41, 5.74) is 11.0. The first-order chi connectivity index (χ1) is 11.1. The first kappa shape index (κ1) is 13.5. The van der Waals surface area contributed by atoms with Crippen LogP contribution in [-0.4, -0.2) is 19.4 Å². The average Bonchev–Trinajstić information content (AvgIpc) is 2.89. The maximum atomic E-state index is 5.86. The molecule has 6 nitrogen and oxygen atoms in total. The van der Waals surface area contributed by atoms with Gasteiger partial charge in [-0.3, -0.25) is 0 Å². The molecule has 2 heterocycles. The van der Waals surface area contributed by atoms with E-state index in [1.165, 1.54) is 0 Å². The normalized spacial score (nSPS) is 11.2. The van der Waals surface area contributed by atoms with Crippen LogP contribution in [0.4, 0.5) is 17.6 Å². The molecule has 0 radical (unpaired) electrons. The number of nitrogens with two attached hydrogens (primary N) is 1. The third-order valence-electron chi connectivity index (χ3n) is 3.91. The van der Waals surface area contributed by atoms with E-state index < -0.39 is 0 Å². The van der Waals surface area contributed by atoms with Crippen molar-refractivity contribution in [1.82, 2.24) is 19.4 Å². The van der Waals surface area contributed by atoms with Crippen molar-refractivity contribution in [2.45, 2.75) is 13.8 Å². The van der Waals surface area contributed by atoms with Gasteiger partial charge < -0.3 is 11.1 Å². The fourth-order valence-corrected chi connectivity index (χ4v) is 2.79. The fraction of sp³-hybridized carbons (Fsp3) is 0.118. The van der Waals surface area contributed by atoms with Crippen LogP contribution in [-0.2, 0) is 0 Å². The summed E-state index contributed by atoms with van der Waals surface area (Å²) in [7, 11) is 0. The molecule has 0 aliphatic rings. The summed E-state index contributed by atoms with van der Waals surface area (Å²) in [4.78, 5) is 13.1. The van der Waals surface area contributed by atoms with Crippen molar-refractivity contribution in [3.05, 3.63) is 53.6 Å². The molecule has 0 saturated carbocycles. The summed E-state index contributed by atoms with van der Waals surface area (Å²) in [5.74, 6) is 1.34. The summed E-state index contributed by atoms with van der Waals surface area (Å²) in [6.07, 6.45) is 0. The van der Waals surface area contributed by atoms with Gasteiger partial charge in [-0.25, -0.2) is 9.38 Å². The summed E-state index contributed by atoms with van der Waals surface area (Å²) in [5, 5.41) is 3.39. The lowest BCUT2D eigenvalue weighted by atomic mass is 10.1. The van der Waals surface area contributed by atoms with Crippen molar-refractivity contribution >= 4 is 34.4 Å². The molecule has 0 unspecified atom stereocenters. The van der Waals surface area contributed by atoms with Crippen molar-refractivity contribution in [3.8, 4) is 0 Å². The molecular weight excluding hydrogens is 288 g/mol. The van der Waals surface area contributed by atoms with Gasteiger partial charge in [-0.15, -0.1) is 0 Å². The number of imidazole rings is 1. The number of aromatic nitrogens is 4. The van der Waals surface area contributed by atoms with E-state index in [4.69, 9.17) is 5.73 Å². The number of aryl methyl sites for hydroxylation is 2. The lowest BCUT2D eigenvalue weighted by Gasteiger charge is -2.13. The van der Waals surface area contributed by atoms with Gasteiger partial charge in [-0.1, -0.05) is 30.3 Å². The van der Waals surface area contributed by atoms with Crippen LogP contribution in [0.5, 0.6) is 0 Å². The zero-order valence-electron chi connectivity index (χ0n) is 12.9. The molecule has 114 valence electrons. The minimum atomic E-state index is 0.196. The Balaban J connectivity index is 1.99. The second kappa shape index (κ2) is 4.95. The van der Waals surface area contributed by atoms with Crippen LogP contribution in [0, 0.1) is 13.8 Å². The molecule has 0 aliphatic heterocycles. The molecule has 0 amide bonds. The minimum Gasteiger partial charge on any atom is -0.368 e. The molecule has 6 heteroatoms. The number of hydrogen-bond acceptors (Lipinski definition) is 5. The van der Waals surface area contributed by atoms with Crippen LogP contribution in [0.3, 0.4) is 0 Å². The maximum Gasteiger partial charge on any atom is 0.241 e. The Morgan fingerprint density at radius 2 is 1.65 bits per heavy atom. The van der Waals surface area contributed by atoms with E-state index in [1.807, 2.05) is 34.7 Å². The van der Waals surface area contributed by atoms with Crippen LogP contribution in [0.25, 0.3) is 16.8 Å². The summed E-state index contributed by atoms with van der Waals surface area (Å²) in [6, 6.07) is 14.0. The molecule has 0 atom stereocenters. The number of fused-ring (bicyclic) bond motifs is 3. The Bertz CT molecular complexity index is 1010. The summed E-state index contributed by atoms with van der Waals surface area (Å²) < 4.78 is 1.89. The number of benzene rings is 2. The summed E-state index contributed by atoms with van der Waals surface area (Å²) in [6.45, 7) is 4.12. The van der Waals surface area contributed by atoms with Crippen LogP contribution < -0.4 is 11.1 Å². The lowest BCUT2D eigenvalue weighted by molar-refractivity contribution is 1.05. The zero-order chi connectivity index (χ0) is 16.0. The van der Waals surface area contributed by atoms with E-state index in [1.54, 1.807) is 0 Å². The minimum absolute atomic E-state index is 0.196. The topological polar surface area (TPSA) is 81.1 Å².